The van der Waals surface area contributed by atoms with Gasteiger partial charge in [0.25, 0.3) is 17.7 Å². The number of nitrogens with zero attached hydrogens (tertiary/aromatic N) is 4. The zero-order valence-corrected chi connectivity index (χ0v) is 30.6. The van der Waals surface area contributed by atoms with Gasteiger partial charge in [-0.1, -0.05) is 11.6 Å². The van der Waals surface area contributed by atoms with Crippen LogP contribution in [0.1, 0.15) is 99.1 Å². The van der Waals surface area contributed by atoms with Gasteiger partial charge in [-0.3, -0.25) is 39.1 Å². The lowest BCUT2D eigenvalue weighted by Crippen LogP contribution is -2.54. The van der Waals surface area contributed by atoms with Gasteiger partial charge in [-0.2, -0.15) is 5.26 Å². The minimum atomic E-state index is -0.961. The normalized spacial score (nSPS) is 23.1. The number of nitriles is 1. The summed E-state index contributed by atoms with van der Waals surface area (Å²) < 4.78 is 6.09. The first-order valence-corrected chi connectivity index (χ1v) is 19.1. The number of halogens is 1. The molecule has 0 bridgehead atoms. The van der Waals surface area contributed by atoms with Gasteiger partial charge in [-0.15, -0.1) is 0 Å². The number of benzene rings is 3. The molecular weight excluding hydrogens is 708 g/mol. The number of imide groups is 2. The van der Waals surface area contributed by atoms with E-state index < -0.39 is 23.8 Å². The quantitative estimate of drug-likeness (QED) is 0.305. The number of hydrogen-bond donors (Lipinski definition) is 2. The molecule has 2 N–H and O–H groups in total. The summed E-state index contributed by atoms with van der Waals surface area (Å²) in [6.07, 6.45) is 5.64. The van der Waals surface area contributed by atoms with Gasteiger partial charge in [0.15, 0.2) is 0 Å². The van der Waals surface area contributed by atoms with Crippen LogP contribution in [0, 0.1) is 17.2 Å². The molecule has 5 amide bonds. The molecule has 3 aromatic carbocycles. The Hall–Kier alpha value is -5.25. The predicted molar refractivity (Wildman–Crippen MR) is 199 cm³/mol. The Morgan fingerprint density at radius 3 is 2.15 bits per heavy atom. The molecule has 2 saturated heterocycles. The molecule has 1 atom stereocenters. The van der Waals surface area contributed by atoms with E-state index in [1.54, 1.807) is 18.2 Å². The molecule has 3 aromatic rings. The van der Waals surface area contributed by atoms with E-state index in [1.165, 1.54) is 0 Å². The van der Waals surface area contributed by atoms with Gasteiger partial charge < -0.3 is 15.0 Å². The van der Waals surface area contributed by atoms with Crippen LogP contribution in [0.2, 0.25) is 5.02 Å². The Balaban J connectivity index is 0.780. The first-order valence-electron chi connectivity index (χ1n) is 18.8. The first-order chi connectivity index (χ1) is 26.1. The summed E-state index contributed by atoms with van der Waals surface area (Å²) in [4.78, 5) is 69.4. The van der Waals surface area contributed by atoms with Crippen molar-refractivity contribution >= 4 is 46.8 Å². The van der Waals surface area contributed by atoms with E-state index in [-0.39, 0.29) is 36.8 Å². The molecule has 3 fully saturated rings. The van der Waals surface area contributed by atoms with Crippen LogP contribution in [-0.4, -0.2) is 77.2 Å². The molecule has 1 aliphatic carbocycles. The molecule has 0 unspecified atom stereocenters. The third-order valence-electron chi connectivity index (χ3n) is 11.5. The van der Waals surface area contributed by atoms with Crippen LogP contribution in [0.25, 0.3) is 0 Å². The monoisotopic (exact) mass is 748 g/mol. The zero-order valence-electron chi connectivity index (χ0n) is 29.8. The van der Waals surface area contributed by atoms with E-state index in [4.69, 9.17) is 21.6 Å². The topological polar surface area (TPSA) is 152 Å². The summed E-state index contributed by atoms with van der Waals surface area (Å²) in [6, 6.07) is 17.8. The van der Waals surface area contributed by atoms with Crippen molar-refractivity contribution in [3.05, 3.63) is 93.0 Å². The van der Waals surface area contributed by atoms with Crippen LogP contribution < -0.4 is 20.3 Å². The Labute approximate surface area is 318 Å². The lowest BCUT2D eigenvalue weighted by Gasteiger charge is -2.35. The SMILES string of the molecule is N#Cc1ccc(O[C@H]2CC[C@H](NC(=O)c3ccc(N4CCC(CN5Cc6cc7c(cc6C5)C(=O)N([C@H]5CCC(=O)NC5=O)C7=O)CC4)cc3)CC2)cc1Cl. The molecular formula is C41H41ClN6O6. The highest BCUT2D eigenvalue weighted by atomic mass is 35.5. The molecule has 12 nitrogen and oxygen atoms in total. The number of amides is 5. The number of hydrogen-bond acceptors (Lipinski definition) is 9. The number of carbonyl (C=O) groups is 5. The number of rotatable bonds is 8. The smallest absolute Gasteiger partial charge is 0.262 e. The number of piperidine rings is 2. The van der Waals surface area contributed by atoms with Gasteiger partial charge in [-0.25, -0.2) is 0 Å². The van der Waals surface area contributed by atoms with Crippen molar-refractivity contribution in [1.82, 2.24) is 20.4 Å². The largest absolute Gasteiger partial charge is 0.490 e. The van der Waals surface area contributed by atoms with Crippen molar-refractivity contribution in [3.63, 3.8) is 0 Å². The highest BCUT2D eigenvalue weighted by Crippen LogP contribution is 2.35. The van der Waals surface area contributed by atoms with Crippen LogP contribution in [0.5, 0.6) is 5.75 Å². The first kappa shape index (κ1) is 35.8. The fourth-order valence-corrected chi connectivity index (χ4v) is 8.79. The van der Waals surface area contributed by atoms with Crippen molar-refractivity contribution in [2.24, 2.45) is 5.92 Å². The minimum absolute atomic E-state index is 0.0404. The molecule has 0 aromatic heterocycles. The number of ether oxygens (including phenoxy) is 1. The van der Waals surface area contributed by atoms with E-state index in [0.29, 0.717) is 52.0 Å². The van der Waals surface area contributed by atoms with Crippen molar-refractivity contribution in [1.29, 1.82) is 5.26 Å². The van der Waals surface area contributed by atoms with E-state index >= 15 is 0 Å². The second-order valence-electron chi connectivity index (χ2n) is 15.1. The predicted octanol–water partition coefficient (Wildman–Crippen LogP) is 4.97. The molecule has 4 heterocycles. The summed E-state index contributed by atoms with van der Waals surface area (Å²) in [6.45, 7) is 4.17. The third-order valence-corrected chi connectivity index (χ3v) is 11.9. The second-order valence-corrected chi connectivity index (χ2v) is 15.5. The molecule has 54 heavy (non-hydrogen) atoms. The summed E-state index contributed by atoms with van der Waals surface area (Å²) in [5.74, 6) is -0.827. The standard InChI is InChI=1S/C41H41ClN6O6/c42-35-19-32(8-3-26(35)20-43)54-31-9-4-29(5-10-31)44-38(50)25-1-6-30(7-2-25)47-15-13-24(14-16-47)21-46-22-27-17-33-34(18-28(27)23-46)41(53)48(40(33)52)36-11-12-37(49)45-39(36)51/h1-3,6-8,17-19,24,29,31,36H,4-5,9-16,21-23H2,(H,44,50)(H,45,49,51)/t29-,31-,36-/m0/s1. The third kappa shape index (κ3) is 7.18. The van der Waals surface area contributed by atoms with Gasteiger partial charge in [0.05, 0.1) is 27.8 Å². The zero-order chi connectivity index (χ0) is 37.5. The number of anilines is 1. The van der Waals surface area contributed by atoms with Gasteiger partial charge in [0, 0.05) is 62.5 Å². The van der Waals surface area contributed by atoms with Crippen molar-refractivity contribution in [2.75, 3.05) is 24.5 Å². The molecule has 13 heteroatoms. The van der Waals surface area contributed by atoms with Gasteiger partial charge >= 0.3 is 0 Å². The Bertz CT molecular complexity index is 2020. The molecule has 5 aliphatic rings. The minimum Gasteiger partial charge on any atom is -0.490 e. The summed E-state index contributed by atoms with van der Waals surface area (Å²) >= 11 is 6.15. The molecule has 1 saturated carbocycles. The van der Waals surface area contributed by atoms with E-state index in [2.05, 4.69) is 26.5 Å². The Morgan fingerprint density at radius 1 is 0.870 bits per heavy atom. The van der Waals surface area contributed by atoms with Crippen LogP contribution >= 0.6 is 11.6 Å². The van der Waals surface area contributed by atoms with Crippen LogP contribution in [-0.2, 0) is 22.7 Å². The fraction of sp³-hybridized carbons (Fsp3) is 0.415. The van der Waals surface area contributed by atoms with Crippen molar-refractivity contribution in [3.8, 4) is 11.8 Å². The maximum absolute atomic E-state index is 13.3. The maximum atomic E-state index is 13.3. The van der Waals surface area contributed by atoms with E-state index in [9.17, 15) is 24.0 Å². The number of carbonyl (C=O) groups excluding carboxylic acids is 5. The van der Waals surface area contributed by atoms with Crippen LogP contribution in [0.3, 0.4) is 0 Å². The van der Waals surface area contributed by atoms with Gasteiger partial charge in [0.1, 0.15) is 17.9 Å². The van der Waals surface area contributed by atoms with Crippen molar-refractivity contribution in [2.45, 2.75) is 82.6 Å². The fourth-order valence-electron chi connectivity index (χ4n) is 8.58. The molecule has 0 spiro atoms. The summed E-state index contributed by atoms with van der Waals surface area (Å²) in [7, 11) is 0. The van der Waals surface area contributed by atoms with E-state index in [0.717, 1.165) is 79.9 Å². The Kier molecular flexibility index (Phi) is 9.85. The second kappa shape index (κ2) is 14.9. The lowest BCUT2D eigenvalue weighted by atomic mass is 9.92. The molecule has 0 radical (unpaired) electrons. The van der Waals surface area contributed by atoms with Crippen LogP contribution in [0.15, 0.2) is 54.6 Å². The van der Waals surface area contributed by atoms with Crippen LogP contribution in [0.4, 0.5) is 5.69 Å². The highest BCUT2D eigenvalue weighted by Gasteiger charge is 2.45. The van der Waals surface area contributed by atoms with Gasteiger partial charge in [-0.05, 0) is 111 Å². The number of nitrogens with one attached hydrogen (secondary N) is 2. The van der Waals surface area contributed by atoms with E-state index in [1.807, 2.05) is 36.4 Å². The average molecular weight is 749 g/mol. The number of fused-ring (bicyclic) bond motifs is 2. The maximum Gasteiger partial charge on any atom is 0.262 e. The molecule has 4 aliphatic heterocycles. The molecule has 278 valence electrons. The lowest BCUT2D eigenvalue weighted by molar-refractivity contribution is -0.136. The van der Waals surface area contributed by atoms with Gasteiger partial charge in [0.2, 0.25) is 11.8 Å². The van der Waals surface area contributed by atoms with Crippen molar-refractivity contribution < 1.29 is 28.7 Å². The summed E-state index contributed by atoms with van der Waals surface area (Å²) in [5, 5.41) is 14.9. The molecule has 8 rings (SSSR count). The summed E-state index contributed by atoms with van der Waals surface area (Å²) in [5.41, 5.74) is 4.92. The average Bonchev–Trinajstić information content (AvgIpc) is 3.67. The highest BCUT2D eigenvalue weighted by molar-refractivity contribution is 6.31. The Morgan fingerprint density at radius 2 is 1.54 bits per heavy atom.